The van der Waals surface area contributed by atoms with E-state index in [1.54, 1.807) is 6.20 Å². The maximum absolute atomic E-state index is 13.4. The van der Waals surface area contributed by atoms with E-state index in [1.807, 2.05) is 17.7 Å². The molecule has 0 bridgehead atoms. The van der Waals surface area contributed by atoms with E-state index in [0.29, 0.717) is 6.42 Å². The third-order valence-electron chi connectivity index (χ3n) is 2.30. The minimum Gasteiger partial charge on any atom is -0.368 e. The molecule has 0 saturated heterocycles. The van der Waals surface area contributed by atoms with Crippen LogP contribution in [0.2, 0.25) is 0 Å². The molecule has 0 fully saturated rings. The van der Waals surface area contributed by atoms with Crippen molar-refractivity contribution in [2.24, 2.45) is 0 Å². The van der Waals surface area contributed by atoms with Gasteiger partial charge in [0.25, 0.3) is 0 Å². The van der Waals surface area contributed by atoms with Gasteiger partial charge in [0.2, 0.25) is 5.95 Å². The number of nitrogens with zero attached hydrogens (tertiary/aromatic N) is 4. The number of hydrogen-bond donors (Lipinski definition) is 1. The van der Waals surface area contributed by atoms with E-state index < -0.39 is 5.82 Å². The smallest absolute Gasteiger partial charge is 0.220 e. The highest BCUT2D eigenvalue weighted by Crippen LogP contribution is 2.10. The first kappa shape index (κ1) is 10.5. The Labute approximate surface area is 92.2 Å². The van der Waals surface area contributed by atoms with Gasteiger partial charge in [-0.1, -0.05) is 0 Å². The lowest BCUT2D eigenvalue weighted by atomic mass is 10.2. The molecule has 84 valence electrons. The third-order valence-corrected chi connectivity index (χ3v) is 2.30. The van der Waals surface area contributed by atoms with E-state index in [9.17, 15) is 4.39 Å². The zero-order chi connectivity index (χ0) is 11.5. The summed E-state index contributed by atoms with van der Waals surface area (Å²) < 4.78 is 15.3. The second kappa shape index (κ2) is 4.26. The number of hydrogen-bond acceptors (Lipinski definition) is 4. The Morgan fingerprint density at radius 2 is 2.25 bits per heavy atom. The highest BCUT2D eigenvalue weighted by Gasteiger charge is 2.09. The van der Waals surface area contributed by atoms with Crippen LogP contribution >= 0.6 is 0 Å². The topological polar surface area (TPSA) is 69.6 Å². The molecule has 0 aliphatic carbocycles. The molecular weight excluding hydrogens is 209 g/mol. The van der Waals surface area contributed by atoms with E-state index in [0.717, 1.165) is 18.6 Å². The molecule has 2 rings (SSSR count). The fraction of sp³-hybridized carbons (Fsp3) is 0.300. The van der Waals surface area contributed by atoms with Crippen LogP contribution in [-0.2, 0) is 13.0 Å². The fourth-order valence-corrected chi connectivity index (χ4v) is 1.49. The molecule has 6 heteroatoms. The van der Waals surface area contributed by atoms with Gasteiger partial charge in [-0.05, 0) is 6.92 Å². The summed E-state index contributed by atoms with van der Waals surface area (Å²) in [6.07, 6.45) is 4.93. The second-order valence-electron chi connectivity index (χ2n) is 3.33. The van der Waals surface area contributed by atoms with E-state index in [2.05, 4.69) is 15.0 Å². The lowest BCUT2D eigenvalue weighted by Crippen LogP contribution is -2.07. The molecule has 0 aromatic carbocycles. The molecule has 2 aromatic rings. The van der Waals surface area contributed by atoms with Gasteiger partial charge in [-0.25, -0.2) is 19.3 Å². The van der Waals surface area contributed by atoms with Crippen molar-refractivity contribution in [3.8, 4) is 0 Å². The molecule has 5 nitrogen and oxygen atoms in total. The third kappa shape index (κ3) is 2.00. The summed E-state index contributed by atoms with van der Waals surface area (Å²) >= 11 is 0. The van der Waals surface area contributed by atoms with Crippen molar-refractivity contribution in [1.29, 1.82) is 0 Å². The molecule has 2 heterocycles. The van der Waals surface area contributed by atoms with E-state index in [1.165, 1.54) is 0 Å². The highest BCUT2D eigenvalue weighted by atomic mass is 19.1. The molecule has 0 amide bonds. The minimum atomic E-state index is -0.458. The molecule has 0 saturated carbocycles. The van der Waals surface area contributed by atoms with Gasteiger partial charge in [0.1, 0.15) is 5.82 Å². The Morgan fingerprint density at radius 1 is 1.44 bits per heavy atom. The van der Waals surface area contributed by atoms with Gasteiger partial charge in [-0.3, -0.25) is 0 Å². The Morgan fingerprint density at radius 3 is 3.00 bits per heavy atom. The summed E-state index contributed by atoms with van der Waals surface area (Å²) in [5, 5.41) is 0. The molecule has 0 radical (unpaired) electrons. The van der Waals surface area contributed by atoms with Crippen molar-refractivity contribution < 1.29 is 4.39 Å². The number of aryl methyl sites for hydroxylation is 1. The quantitative estimate of drug-likeness (QED) is 0.839. The first-order valence-corrected chi connectivity index (χ1v) is 4.97. The van der Waals surface area contributed by atoms with Crippen LogP contribution in [-0.4, -0.2) is 19.5 Å². The monoisotopic (exact) mass is 221 g/mol. The molecule has 0 spiro atoms. The Balaban J connectivity index is 2.30. The molecule has 0 aliphatic rings. The molecular formula is C10H12FN5. The number of imidazole rings is 1. The Bertz CT molecular complexity index is 494. The largest absolute Gasteiger partial charge is 0.368 e. The predicted molar refractivity (Wildman–Crippen MR) is 57.1 cm³/mol. The van der Waals surface area contributed by atoms with Crippen molar-refractivity contribution in [2.45, 2.75) is 19.9 Å². The number of halogens is 1. The van der Waals surface area contributed by atoms with E-state index >= 15 is 0 Å². The summed E-state index contributed by atoms with van der Waals surface area (Å²) in [7, 11) is 0. The second-order valence-corrected chi connectivity index (χ2v) is 3.33. The lowest BCUT2D eigenvalue weighted by molar-refractivity contribution is 0.590. The normalized spacial score (nSPS) is 10.6. The molecule has 16 heavy (non-hydrogen) atoms. The van der Waals surface area contributed by atoms with Gasteiger partial charge in [0.05, 0.1) is 18.3 Å². The summed E-state index contributed by atoms with van der Waals surface area (Å²) in [4.78, 5) is 11.6. The summed E-state index contributed by atoms with van der Waals surface area (Å²) in [5.74, 6) is 0.380. The van der Waals surface area contributed by atoms with Crippen molar-refractivity contribution in [2.75, 3.05) is 5.73 Å². The standard InChI is InChI=1S/C10H12FN5/c1-2-16-4-3-13-9(16)5-8-7(11)6-14-10(12)15-8/h3-4,6H,2,5H2,1H3,(H2,12,14,15). The van der Waals surface area contributed by atoms with E-state index in [4.69, 9.17) is 5.73 Å². The summed E-state index contributed by atoms with van der Waals surface area (Å²) in [6, 6.07) is 0. The average molecular weight is 221 g/mol. The number of nitrogen functional groups attached to an aromatic ring is 1. The van der Waals surface area contributed by atoms with Crippen molar-refractivity contribution >= 4 is 5.95 Å². The van der Waals surface area contributed by atoms with Crippen LogP contribution in [0.25, 0.3) is 0 Å². The zero-order valence-electron chi connectivity index (χ0n) is 8.89. The summed E-state index contributed by atoms with van der Waals surface area (Å²) in [5.41, 5.74) is 5.68. The number of rotatable bonds is 3. The van der Waals surface area contributed by atoms with Crippen LogP contribution in [0.3, 0.4) is 0 Å². The molecule has 2 aromatic heterocycles. The predicted octanol–water partition coefficient (Wildman–Crippen LogP) is 1.01. The zero-order valence-corrected chi connectivity index (χ0v) is 8.89. The fourth-order valence-electron chi connectivity index (χ4n) is 1.49. The van der Waals surface area contributed by atoms with Crippen molar-refractivity contribution in [3.05, 3.63) is 35.9 Å². The van der Waals surface area contributed by atoms with Gasteiger partial charge in [0.15, 0.2) is 5.82 Å². The van der Waals surface area contributed by atoms with Crippen LogP contribution < -0.4 is 5.73 Å². The molecule has 2 N–H and O–H groups in total. The van der Waals surface area contributed by atoms with E-state index in [-0.39, 0.29) is 11.6 Å². The van der Waals surface area contributed by atoms with Gasteiger partial charge in [0, 0.05) is 18.9 Å². The summed E-state index contributed by atoms with van der Waals surface area (Å²) in [6.45, 7) is 2.79. The average Bonchev–Trinajstić information content (AvgIpc) is 2.71. The maximum Gasteiger partial charge on any atom is 0.220 e. The van der Waals surface area contributed by atoms with Gasteiger partial charge in [-0.15, -0.1) is 0 Å². The van der Waals surface area contributed by atoms with Crippen LogP contribution in [0.1, 0.15) is 18.4 Å². The Hall–Kier alpha value is -1.98. The Kier molecular flexibility index (Phi) is 2.80. The first-order chi connectivity index (χ1) is 7.70. The van der Waals surface area contributed by atoms with Crippen LogP contribution in [0, 0.1) is 5.82 Å². The highest BCUT2D eigenvalue weighted by molar-refractivity contribution is 5.21. The lowest BCUT2D eigenvalue weighted by Gasteiger charge is -2.05. The van der Waals surface area contributed by atoms with Crippen LogP contribution in [0.5, 0.6) is 0 Å². The van der Waals surface area contributed by atoms with Crippen LogP contribution in [0.4, 0.5) is 10.3 Å². The van der Waals surface area contributed by atoms with Crippen molar-refractivity contribution in [3.63, 3.8) is 0 Å². The van der Waals surface area contributed by atoms with Gasteiger partial charge >= 0.3 is 0 Å². The molecule has 0 unspecified atom stereocenters. The van der Waals surface area contributed by atoms with Gasteiger partial charge in [-0.2, -0.15) is 0 Å². The first-order valence-electron chi connectivity index (χ1n) is 4.97. The van der Waals surface area contributed by atoms with Gasteiger partial charge < -0.3 is 10.3 Å². The maximum atomic E-state index is 13.4. The number of nitrogens with two attached hydrogens (primary N) is 1. The van der Waals surface area contributed by atoms with Crippen LogP contribution in [0.15, 0.2) is 18.6 Å². The number of aromatic nitrogens is 4. The number of anilines is 1. The molecule has 0 aliphatic heterocycles. The van der Waals surface area contributed by atoms with Crippen molar-refractivity contribution in [1.82, 2.24) is 19.5 Å². The minimum absolute atomic E-state index is 0.0750. The SMILES string of the molecule is CCn1ccnc1Cc1nc(N)ncc1F. The molecule has 0 atom stereocenters.